The van der Waals surface area contributed by atoms with Gasteiger partial charge < -0.3 is 10.3 Å². The Balaban J connectivity index is 1.51. The van der Waals surface area contributed by atoms with Crippen molar-refractivity contribution in [1.82, 2.24) is 9.97 Å². The number of imidazole rings is 1. The number of thioether (sulfide) groups is 1. The van der Waals surface area contributed by atoms with Crippen LogP contribution in [0.15, 0.2) is 65.8 Å². The molecule has 1 heterocycles. The monoisotopic (exact) mass is 381 g/mol. The molecule has 6 heteroatoms. The SMILES string of the molecule is C[C@H](Sc1nc2ccc(Cl)cc2[nH]1)C(=O)Nc1cccc2ccccc12. The summed E-state index contributed by atoms with van der Waals surface area (Å²) < 4.78 is 0. The van der Waals surface area contributed by atoms with Crippen molar-refractivity contribution in [3.8, 4) is 0 Å². The molecular formula is C20H16ClN3OS. The van der Waals surface area contributed by atoms with E-state index in [4.69, 9.17) is 11.6 Å². The Kier molecular flexibility index (Phi) is 4.57. The molecule has 0 saturated heterocycles. The number of benzene rings is 3. The standard InChI is InChI=1S/C20H16ClN3OS/c1-12(26-20-23-17-10-9-14(21)11-18(17)24-20)19(25)22-16-8-4-6-13-5-2-3-7-15(13)16/h2-12H,1H3,(H,22,25)(H,23,24)/t12-/m0/s1. The molecule has 0 aliphatic heterocycles. The molecule has 4 nitrogen and oxygen atoms in total. The quantitative estimate of drug-likeness (QED) is 0.459. The van der Waals surface area contributed by atoms with E-state index in [1.807, 2.05) is 61.5 Å². The summed E-state index contributed by atoms with van der Waals surface area (Å²) in [6.45, 7) is 1.87. The van der Waals surface area contributed by atoms with Crippen LogP contribution in [0.25, 0.3) is 21.8 Å². The van der Waals surface area contributed by atoms with Crippen LogP contribution >= 0.6 is 23.4 Å². The lowest BCUT2D eigenvalue weighted by Crippen LogP contribution is -2.22. The van der Waals surface area contributed by atoms with Crippen LogP contribution in [0.2, 0.25) is 5.02 Å². The van der Waals surface area contributed by atoms with Crippen molar-refractivity contribution in [3.63, 3.8) is 0 Å². The number of hydrogen-bond acceptors (Lipinski definition) is 3. The van der Waals surface area contributed by atoms with E-state index in [2.05, 4.69) is 15.3 Å². The molecule has 0 aliphatic carbocycles. The first kappa shape index (κ1) is 16.9. The van der Waals surface area contributed by atoms with E-state index < -0.39 is 0 Å². The summed E-state index contributed by atoms with van der Waals surface area (Å²) in [5.74, 6) is -0.0650. The lowest BCUT2D eigenvalue weighted by Gasteiger charge is -2.12. The van der Waals surface area contributed by atoms with Crippen molar-refractivity contribution >= 4 is 56.8 Å². The van der Waals surface area contributed by atoms with Gasteiger partial charge in [-0.25, -0.2) is 4.98 Å². The summed E-state index contributed by atoms with van der Waals surface area (Å²) in [7, 11) is 0. The van der Waals surface area contributed by atoms with Crippen LogP contribution < -0.4 is 5.32 Å². The lowest BCUT2D eigenvalue weighted by atomic mass is 10.1. The molecule has 3 aromatic carbocycles. The van der Waals surface area contributed by atoms with Gasteiger partial charge in [0.1, 0.15) is 0 Å². The van der Waals surface area contributed by atoms with Crippen LogP contribution in [-0.2, 0) is 4.79 Å². The molecule has 2 N–H and O–H groups in total. The molecule has 1 atom stereocenters. The zero-order valence-corrected chi connectivity index (χ0v) is 15.6. The molecular weight excluding hydrogens is 366 g/mol. The summed E-state index contributed by atoms with van der Waals surface area (Å²) in [5.41, 5.74) is 2.51. The number of carbonyl (C=O) groups excluding carboxylic acids is 1. The van der Waals surface area contributed by atoms with Crippen LogP contribution in [0, 0.1) is 0 Å². The van der Waals surface area contributed by atoms with Crippen molar-refractivity contribution in [2.24, 2.45) is 0 Å². The van der Waals surface area contributed by atoms with Gasteiger partial charge in [0.25, 0.3) is 0 Å². The second-order valence-corrected chi connectivity index (χ2v) is 7.75. The summed E-state index contributed by atoms with van der Waals surface area (Å²) in [5, 5.41) is 6.20. The fourth-order valence-corrected chi connectivity index (χ4v) is 3.80. The minimum atomic E-state index is -0.301. The molecule has 1 aromatic heterocycles. The van der Waals surface area contributed by atoms with Crippen molar-refractivity contribution in [1.29, 1.82) is 0 Å². The molecule has 130 valence electrons. The average molecular weight is 382 g/mol. The number of H-pyrrole nitrogens is 1. The minimum Gasteiger partial charge on any atom is -0.333 e. The van der Waals surface area contributed by atoms with Gasteiger partial charge >= 0.3 is 0 Å². The number of rotatable bonds is 4. The summed E-state index contributed by atoms with van der Waals surface area (Å²) >= 11 is 7.39. The molecule has 0 aliphatic rings. The highest BCUT2D eigenvalue weighted by Crippen LogP contribution is 2.27. The van der Waals surface area contributed by atoms with Crippen molar-refractivity contribution in [2.45, 2.75) is 17.3 Å². The number of amides is 1. The highest BCUT2D eigenvalue weighted by atomic mass is 35.5. The maximum Gasteiger partial charge on any atom is 0.237 e. The number of anilines is 1. The second kappa shape index (κ2) is 7.02. The van der Waals surface area contributed by atoms with Crippen molar-refractivity contribution in [3.05, 3.63) is 65.7 Å². The normalized spacial score (nSPS) is 12.4. The number of hydrogen-bond donors (Lipinski definition) is 2. The molecule has 0 fully saturated rings. The van der Waals surface area contributed by atoms with E-state index in [0.717, 1.165) is 27.5 Å². The third-order valence-electron chi connectivity index (χ3n) is 4.13. The van der Waals surface area contributed by atoms with Gasteiger partial charge in [-0.1, -0.05) is 59.8 Å². The third-order valence-corrected chi connectivity index (χ3v) is 5.35. The number of halogens is 1. The number of nitrogens with one attached hydrogen (secondary N) is 2. The Morgan fingerprint density at radius 3 is 2.85 bits per heavy atom. The van der Waals surface area contributed by atoms with E-state index >= 15 is 0 Å². The van der Waals surface area contributed by atoms with Gasteiger partial charge in [0, 0.05) is 16.1 Å². The van der Waals surface area contributed by atoms with E-state index in [0.29, 0.717) is 10.2 Å². The maximum atomic E-state index is 12.6. The molecule has 26 heavy (non-hydrogen) atoms. The molecule has 0 radical (unpaired) electrons. The first-order valence-electron chi connectivity index (χ1n) is 8.21. The number of fused-ring (bicyclic) bond motifs is 2. The van der Waals surface area contributed by atoms with Crippen LogP contribution in [0.1, 0.15) is 6.92 Å². The van der Waals surface area contributed by atoms with Crippen LogP contribution in [0.3, 0.4) is 0 Å². The van der Waals surface area contributed by atoms with Gasteiger partial charge in [0.2, 0.25) is 5.91 Å². The molecule has 0 bridgehead atoms. The second-order valence-electron chi connectivity index (χ2n) is 5.98. The summed E-state index contributed by atoms with van der Waals surface area (Å²) in [6.07, 6.45) is 0. The predicted molar refractivity (Wildman–Crippen MR) is 109 cm³/mol. The lowest BCUT2D eigenvalue weighted by molar-refractivity contribution is -0.115. The summed E-state index contributed by atoms with van der Waals surface area (Å²) in [6, 6.07) is 19.4. The number of aromatic amines is 1. The first-order valence-corrected chi connectivity index (χ1v) is 9.46. The van der Waals surface area contributed by atoms with E-state index in [-0.39, 0.29) is 11.2 Å². The molecule has 0 unspecified atom stereocenters. The van der Waals surface area contributed by atoms with Crippen LogP contribution in [0.5, 0.6) is 0 Å². The Hall–Kier alpha value is -2.50. The van der Waals surface area contributed by atoms with E-state index in [9.17, 15) is 4.79 Å². The van der Waals surface area contributed by atoms with Gasteiger partial charge in [-0.05, 0) is 36.6 Å². The van der Waals surface area contributed by atoms with Crippen LogP contribution in [0.4, 0.5) is 5.69 Å². The smallest absolute Gasteiger partial charge is 0.237 e. The molecule has 4 aromatic rings. The Morgan fingerprint density at radius 2 is 1.96 bits per heavy atom. The summed E-state index contributed by atoms with van der Waals surface area (Å²) in [4.78, 5) is 20.3. The number of carbonyl (C=O) groups is 1. The fourth-order valence-electron chi connectivity index (χ4n) is 2.80. The Bertz CT molecular complexity index is 1100. The van der Waals surface area contributed by atoms with Gasteiger partial charge in [-0.3, -0.25) is 4.79 Å². The van der Waals surface area contributed by atoms with E-state index in [1.165, 1.54) is 11.8 Å². The molecule has 0 saturated carbocycles. The predicted octanol–water partition coefficient (Wildman–Crippen LogP) is 5.49. The fraction of sp³-hybridized carbons (Fsp3) is 0.100. The molecule has 0 spiro atoms. The number of nitrogens with zero attached hydrogens (tertiary/aromatic N) is 1. The maximum absolute atomic E-state index is 12.6. The zero-order valence-electron chi connectivity index (χ0n) is 14.0. The largest absolute Gasteiger partial charge is 0.333 e. The van der Waals surface area contributed by atoms with Gasteiger partial charge in [-0.2, -0.15) is 0 Å². The first-order chi connectivity index (χ1) is 12.6. The Morgan fingerprint density at radius 1 is 1.15 bits per heavy atom. The molecule has 4 rings (SSSR count). The Labute approximate surface area is 160 Å². The number of aromatic nitrogens is 2. The van der Waals surface area contributed by atoms with Gasteiger partial charge in [0.15, 0.2) is 5.16 Å². The van der Waals surface area contributed by atoms with Crippen molar-refractivity contribution in [2.75, 3.05) is 5.32 Å². The van der Waals surface area contributed by atoms with Crippen LogP contribution in [-0.4, -0.2) is 21.1 Å². The van der Waals surface area contributed by atoms with E-state index in [1.54, 1.807) is 6.07 Å². The average Bonchev–Trinajstić information content (AvgIpc) is 3.03. The molecule has 1 amide bonds. The van der Waals surface area contributed by atoms with Gasteiger partial charge in [0.05, 0.1) is 16.3 Å². The van der Waals surface area contributed by atoms with Crippen molar-refractivity contribution < 1.29 is 4.79 Å². The minimum absolute atomic E-state index is 0.0650. The highest BCUT2D eigenvalue weighted by molar-refractivity contribution is 8.00. The van der Waals surface area contributed by atoms with Gasteiger partial charge in [-0.15, -0.1) is 0 Å². The zero-order chi connectivity index (χ0) is 18.1. The highest BCUT2D eigenvalue weighted by Gasteiger charge is 2.17. The topological polar surface area (TPSA) is 57.8 Å². The third kappa shape index (κ3) is 3.41.